The van der Waals surface area contributed by atoms with E-state index in [9.17, 15) is 0 Å². The lowest BCUT2D eigenvalue weighted by Gasteiger charge is -2.07. The Hall–Kier alpha value is -0.820. The minimum Gasteiger partial charge on any atom is -0.342 e. The molecule has 0 radical (unpaired) electrons. The third kappa shape index (κ3) is 4.48. The van der Waals surface area contributed by atoms with Crippen LogP contribution in [0.1, 0.15) is 44.7 Å². The molecule has 0 amide bonds. The summed E-state index contributed by atoms with van der Waals surface area (Å²) >= 11 is 0. The van der Waals surface area contributed by atoms with E-state index in [2.05, 4.69) is 57.3 Å². The highest BCUT2D eigenvalue weighted by Gasteiger charge is 2.01. The zero-order chi connectivity index (χ0) is 11.3. The van der Waals surface area contributed by atoms with Crippen LogP contribution in [-0.4, -0.2) is 6.54 Å². The van der Waals surface area contributed by atoms with E-state index in [-0.39, 0.29) is 0 Å². The van der Waals surface area contributed by atoms with E-state index in [1.165, 1.54) is 17.7 Å². The van der Waals surface area contributed by atoms with Gasteiger partial charge in [-0.3, -0.25) is 0 Å². The van der Waals surface area contributed by atoms with Gasteiger partial charge >= 0.3 is 0 Å². The van der Waals surface area contributed by atoms with Crippen LogP contribution in [0.25, 0.3) is 0 Å². The van der Waals surface area contributed by atoms with Gasteiger partial charge < -0.3 is 5.32 Å². The summed E-state index contributed by atoms with van der Waals surface area (Å²) in [5.41, 5.74) is 2.86. The highest BCUT2D eigenvalue weighted by molar-refractivity contribution is 5.23. The summed E-state index contributed by atoms with van der Waals surface area (Å²) in [5, 5.41) is 2.38. The molecule has 1 rings (SSSR count). The minimum atomic E-state index is 0.638. The van der Waals surface area contributed by atoms with Crippen LogP contribution in [0.2, 0.25) is 0 Å². The molecular formula is C14H24N+. The SMILES string of the molecule is CC(C)C[NH2+]Cc1ccc(C(C)C)cc1. The van der Waals surface area contributed by atoms with Crippen LogP contribution >= 0.6 is 0 Å². The maximum Gasteiger partial charge on any atom is 0.101 e. The Kier molecular flexibility index (Phi) is 4.83. The normalized spacial score (nSPS) is 11.3. The van der Waals surface area contributed by atoms with Crippen molar-refractivity contribution in [2.24, 2.45) is 5.92 Å². The lowest BCUT2D eigenvalue weighted by molar-refractivity contribution is -0.675. The molecule has 0 unspecified atom stereocenters. The first-order valence-corrected chi connectivity index (χ1v) is 6.00. The second-order valence-corrected chi connectivity index (χ2v) is 5.02. The Morgan fingerprint density at radius 1 is 1.00 bits per heavy atom. The first-order valence-electron chi connectivity index (χ1n) is 6.00. The van der Waals surface area contributed by atoms with E-state index in [4.69, 9.17) is 0 Å². The van der Waals surface area contributed by atoms with E-state index in [0.29, 0.717) is 5.92 Å². The molecule has 1 nitrogen and oxygen atoms in total. The maximum atomic E-state index is 2.38. The first kappa shape index (κ1) is 12.3. The van der Waals surface area contributed by atoms with Crippen molar-refractivity contribution < 1.29 is 5.32 Å². The van der Waals surface area contributed by atoms with Crippen molar-refractivity contribution in [3.8, 4) is 0 Å². The van der Waals surface area contributed by atoms with Crippen LogP contribution in [-0.2, 0) is 6.54 Å². The Labute approximate surface area is 93.9 Å². The van der Waals surface area contributed by atoms with Crippen molar-refractivity contribution in [2.75, 3.05) is 6.54 Å². The lowest BCUT2D eigenvalue weighted by atomic mass is 10.0. The van der Waals surface area contributed by atoms with Crippen LogP contribution in [0.4, 0.5) is 0 Å². The molecule has 0 spiro atoms. The van der Waals surface area contributed by atoms with E-state index in [1.807, 2.05) is 0 Å². The first-order chi connectivity index (χ1) is 7.09. The molecule has 1 heteroatoms. The second-order valence-electron chi connectivity index (χ2n) is 5.02. The Balaban J connectivity index is 2.43. The summed E-state index contributed by atoms with van der Waals surface area (Å²) < 4.78 is 0. The van der Waals surface area contributed by atoms with Gasteiger partial charge in [-0.25, -0.2) is 0 Å². The Morgan fingerprint density at radius 2 is 1.60 bits per heavy atom. The highest BCUT2D eigenvalue weighted by atomic mass is 14.8. The number of hydrogen-bond donors (Lipinski definition) is 1. The predicted molar refractivity (Wildman–Crippen MR) is 65.9 cm³/mol. The molecule has 0 bridgehead atoms. The Morgan fingerprint density at radius 3 is 2.07 bits per heavy atom. The molecule has 0 heterocycles. The smallest absolute Gasteiger partial charge is 0.101 e. The molecule has 84 valence electrons. The van der Waals surface area contributed by atoms with Gasteiger partial charge in [-0.15, -0.1) is 0 Å². The molecule has 0 aromatic heterocycles. The number of benzene rings is 1. The molecular weight excluding hydrogens is 182 g/mol. The molecule has 0 atom stereocenters. The van der Waals surface area contributed by atoms with Crippen molar-refractivity contribution in [1.82, 2.24) is 0 Å². The van der Waals surface area contributed by atoms with Crippen molar-refractivity contribution in [2.45, 2.75) is 40.2 Å². The quantitative estimate of drug-likeness (QED) is 0.762. The van der Waals surface area contributed by atoms with Gasteiger partial charge in [-0.05, 0) is 11.5 Å². The summed E-state index contributed by atoms with van der Waals surface area (Å²) in [4.78, 5) is 0. The monoisotopic (exact) mass is 206 g/mol. The van der Waals surface area contributed by atoms with Crippen LogP contribution in [0, 0.1) is 5.92 Å². The van der Waals surface area contributed by atoms with Crippen molar-refractivity contribution in [1.29, 1.82) is 0 Å². The second kappa shape index (κ2) is 5.92. The average Bonchev–Trinajstić information content (AvgIpc) is 2.18. The van der Waals surface area contributed by atoms with Crippen LogP contribution < -0.4 is 5.32 Å². The molecule has 0 aliphatic carbocycles. The van der Waals surface area contributed by atoms with E-state index < -0.39 is 0 Å². The zero-order valence-corrected chi connectivity index (χ0v) is 10.5. The number of quaternary nitrogens is 1. The molecule has 0 saturated carbocycles. The van der Waals surface area contributed by atoms with Crippen molar-refractivity contribution in [3.05, 3.63) is 35.4 Å². The average molecular weight is 206 g/mol. The maximum absolute atomic E-state index is 2.38. The lowest BCUT2D eigenvalue weighted by Crippen LogP contribution is -2.83. The number of rotatable bonds is 5. The van der Waals surface area contributed by atoms with Gasteiger partial charge in [0.15, 0.2) is 0 Å². The van der Waals surface area contributed by atoms with E-state index >= 15 is 0 Å². The zero-order valence-electron chi connectivity index (χ0n) is 10.5. The number of nitrogens with two attached hydrogens (primary N) is 1. The largest absolute Gasteiger partial charge is 0.342 e. The Bertz CT molecular complexity index is 272. The van der Waals surface area contributed by atoms with Gasteiger partial charge in [0.05, 0.1) is 6.54 Å². The molecule has 2 N–H and O–H groups in total. The van der Waals surface area contributed by atoms with Crippen LogP contribution in [0.5, 0.6) is 0 Å². The van der Waals surface area contributed by atoms with Gasteiger partial charge in [-0.2, -0.15) is 0 Å². The fraction of sp³-hybridized carbons (Fsp3) is 0.571. The van der Waals surface area contributed by atoms with E-state index in [1.54, 1.807) is 0 Å². The molecule has 0 aliphatic heterocycles. The fourth-order valence-corrected chi connectivity index (χ4v) is 1.62. The third-order valence-electron chi connectivity index (χ3n) is 2.66. The molecule has 0 saturated heterocycles. The van der Waals surface area contributed by atoms with Gasteiger partial charge in [0.25, 0.3) is 0 Å². The highest BCUT2D eigenvalue weighted by Crippen LogP contribution is 2.14. The number of hydrogen-bond acceptors (Lipinski definition) is 0. The summed E-state index contributed by atoms with van der Waals surface area (Å²) in [5.74, 6) is 1.42. The molecule has 1 aromatic rings. The van der Waals surface area contributed by atoms with Gasteiger partial charge in [0, 0.05) is 11.5 Å². The van der Waals surface area contributed by atoms with Crippen molar-refractivity contribution >= 4 is 0 Å². The predicted octanol–water partition coefficient (Wildman–Crippen LogP) is 2.53. The van der Waals surface area contributed by atoms with Crippen LogP contribution in [0.3, 0.4) is 0 Å². The van der Waals surface area contributed by atoms with Gasteiger partial charge in [-0.1, -0.05) is 52.0 Å². The summed E-state index contributed by atoms with van der Waals surface area (Å²) in [7, 11) is 0. The molecule has 1 aromatic carbocycles. The summed E-state index contributed by atoms with van der Waals surface area (Å²) in [6, 6.07) is 9.02. The third-order valence-corrected chi connectivity index (χ3v) is 2.66. The molecule has 0 fully saturated rings. The van der Waals surface area contributed by atoms with Crippen LogP contribution in [0.15, 0.2) is 24.3 Å². The molecule has 0 aliphatic rings. The molecule has 15 heavy (non-hydrogen) atoms. The minimum absolute atomic E-state index is 0.638. The van der Waals surface area contributed by atoms with E-state index in [0.717, 1.165) is 12.5 Å². The van der Waals surface area contributed by atoms with Crippen molar-refractivity contribution in [3.63, 3.8) is 0 Å². The van der Waals surface area contributed by atoms with Gasteiger partial charge in [0.1, 0.15) is 6.54 Å². The summed E-state index contributed by atoms with van der Waals surface area (Å²) in [6.45, 7) is 11.3. The summed E-state index contributed by atoms with van der Waals surface area (Å²) in [6.07, 6.45) is 0. The standard InChI is InChI=1S/C14H23N/c1-11(2)9-15-10-13-5-7-14(8-6-13)12(3)4/h5-8,11-12,15H,9-10H2,1-4H3/p+1. The topological polar surface area (TPSA) is 16.6 Å². The fourth-order valence-electron chi connectivity index (χ4n) is 1.62. The van der Waals surface area contributed by atoms with Gasteiger partial charge in [0.2, 0.25) is 0 Å².